The number of anilines is 1. The molecule has 1 aliphatic carbocycles. The van der Waals surface area contributed by atoms with Crippen LogP contribution in [-0.2, 0) is 30.2 Å². The molecule has 0 saturated heterocycles. The lowest BCUT2D eigenvalue weighted by atomic mass is 9.73. The lowest BCUT2D eigenvalue weighted by Gasteiger charge is -2.38. The summed E-state index contributed by atoms with van der Waals surface area (Å²) in [6.07, 6.45) is 6.23. The molecule has 0 aliphatic heterocycles. The molecule has 46 heavy (non-hydrogen) atoms. The number of carbonyl (C=O) groups is 2. The standard InChI is InChI=1S/C36H54N2O8/c1-22(2)15-25-7-8-26(12-14-43-5)32(41)17-29(16-25)34(46-24(4)40)20-30(45-23(3)39)10-9-27-18-35(44-6)33(42)21-31(27)28-11-13-38-36(37)19-28/h11,13,18-19,21-22,25-26,29-30,32,34,41-42H,7-10,12,14-17,20H2,1-6H3,(H2,37,38)/t25-,26+,29-,30+,32+,34+/m0/s1. The highest BCUT2D eigenvalue weighted by Gasteiger charge is 2.36. The van der Waals surface area contributed by atoms with Crippen LogP contribution in [0.2, 0.25) is 0 Å². The number of hydrogen-bond donors (Lipinski definition) is 3. The predicted octanol–water partition coefficient (Wildman–Crippen LogP) is 6.10. The minimum absolute atomic E-state index is 0.00862. The van der Waals surface area contributed by atoms with Gasteiger partial charge >= 0.3 is 11.9 Å². The Morgan fingerprint density at radius 1 is 1.07 bits per heavy atom. The van der Waals surface area contributed by atoms with Crippen molar-refractivity contribution in [1.29, 1.82) is 0 Å². The third kappa shape index (κ3) is 11.5. The quantitative estimate of drug-likeness (QED) is 0.195. The van der Waals surface area contributed by atoms with Gasteiger partial charge in [-0.1, -0.05) is 20.3 Å². The summed E-state index contributed by atoms with van der Waals surface area (Å²) < 4.78 is 22.6. The van der Waals surface area contributed by atoms with E-state index in [1.807, 2.05) is 6.07 Å². The number of esters is 2. The van der Waals surface area contributed by atoms with Crippen LogP contribution in [0.15, 0.2) is 30.5 Å². The first-order chi connectivity index (χ1) is 21.9. The molecule has 0 radical (unpaired) electrons. The van der Waals surface area contributed by atoms with Gasteiger partial charge in [0.25, 0.3) is 0 Å². The summed E-state index contributed by atoms with van der Waals surface area (Å²) in [7, 11) is 3.17. The maximum Gasteiger partial charge on any atom is 0.302 e. The summed E-state index contributed by atoms with van der Waals surface area (Å²) >= 11 is 0. The van der Waals surface area contributed by atoms with E-state index < -0.39 is 30.3 Å². The molecule has 1 aromatic carbocycles. The fraction of sp³-hybridized carbons (Fsp3) is 0.639. The molecule has 2 aromatic rings. The summed E-state index contributed by atoms with van der Waals surface area (Å²) in [6.45, 7) is 7.80. The summed E-state index contributed by atoms with van der Waals surface area (Å²) in [5, 5.41) is 21.9. The molecular formula is C36H54N2O8. The number of phenolic OH excluding ortho intramolecular Hbond substituents is 1. The van der Waals surface area contributed by atoms with Crippen LogP contribution in [0.5, 0.6) is 11.5 Å². The smallest absolute Gasteiger partial charge is 0.302 e. The monoisotopic (exact) mass is 642 g/mol. The van der Waals surface area contributed by atoms with Gasteiger partial charge in [0.05, 0.1) is 13.2 Å². The molecular weight excluding hydrogens is 588 g/mol. The summed E-state index contributed by atoms with van der Waals surface area (Å²) in [5.74, 6) is 0.777. The van der Waals surface area contributed by atoms with Gasteiger partial charge in [-0.3, -0.25) is 9.59 Å². The number of carbonyl (C=O) groups excluding carboxylic acids is 2. The van der Waals surface area contributed by atoms with Gasteiger partial charge < -0.3 is 34.9 Å². The maximum atomic E-state index is 12.4. The van der Waals surface area contributed by atoms with E-state index in [1.54, 1.807) is 31.5 Å². The molecule has 1 fully saturated rings. The number of aromatic nitrogens is 1. The third-order valence-corrected chi connectivity index (χ3v) is 9.07. The van der Waals surface area contributed by atoms with Crippen LogP contribution < -0.4 is 10.5 Å². The molecule has 6 atom stereocenters. The van der Waals surface area contributed by atoms with Crippen molar-refractivity contribution < 1.29 is 38.7 Å². The molecule has 1 aromatic heterocycles. The highest BCUT2D eigenvalue weighted by Crippen LogP contribution is 2.39. The average Bonchev–Trinajstić information content (AvgIpc) is 2.97. The first kappa shape index (κ1) is 37.1. The lowest BCUT2D eigenvalue weighted by molar-refractivity contribution is -0.157. The van der Waals surface area contributed by atoms with Crippen molar-refractivity contribution in [2.75, 3.05) is 26.6 Å². The molecule has 3 rings (SSSR count). The van der Waals surface area contributed by atoms with Crippen molar-refractivity contribution in [3.63, 3.8) is 0 Å². The molecule has 0 spiro atoms. The van der Waals surface area contributed by atoms with Gasteiger partial charge in [0, 0.05) is 40.2 Å². The van der Waals surface area contributed by atoms with Crippen LogP contribution in [0.3, 0.4) is 0 Å². The number of pyridine rings is 1. The Labute approximate surface area is 274 Å². The Hall–Kier alpha value is -3.37. The molecule has 0 unspecified atom stereocenters. The van der Waals surface area contributed by atoms with Gasteiger partial charge in [-0.15, -0.1) is 0 Å². The van der Waals surface area contributed by atoms with E-state index in [4.69, 9.17) is 24.7 Å². The van der Waals surface area contributed by atoms with E-state index in [0.717, 1.165) is 48.8 Å². The van der Waals surface area contributed by atoms with Crippen molar-refractivity contribution in [1.82, 2.24) is 4.98 Å². The number of aromatic hydroxyl groups is 1. The normalized spacial score (nSPS) is 21.6. The van der Waals surface area contributed by atoms with Crippen LogP contribution in [-0.4, -0.2) is 66.3 Å². The fourth-order valence-electron chi connectivity index (χ4n) is 7.03. The predicted molar refractivity (Wildman–Crippen MR) is 177 cm³/mol. The Bertz CT molecular complexity index is 1270. The van der Waals surface area contributed by atoms with Gasteiger partial charge in [-0.2, -0.15) is 0 Å². The van der Waals surface area contributed by atoms with Crippen molar-refractivity contribution >= 4 is 17.8 Å². The van der Waals surface area contributed by atoms with Crippen molar-refractivity contribution in [3.05, 3.63) is 36.0 Å². The SMILES string of the molecule is COCC[C@H]1CC[C@@H](CC(C)C)C[C@H]([C@@H](C[C@@H](CCc2cc(OC)c(O)cc2-c2ccnc(N)c2)OC(C)=O)OC(C)=O)C[C@H]1O. The van der Waals surface area contributed by atoms with Gasteiger partial charge in [-0.25, -0.2) is 4.98 Å². The minimum atomic E-state index is -0.563. The van der Waals surface area contributed by atoms with Crippen molar-refractivity contribution in [2.45, 2.75) is 104 Å². The number of aryl methyl sites for hydroxylation is 1. The van der Waals surface area contributed by atoms with Crippen LogP contribution in [0.4, 0.5) is 5.82 Å². The number of benzene rings is 1. The van der Waals surface area contributed by atoms with Crippen LogP contribution >= 0.6 is 0 Å². The summed E-state index contributed by atoms with van der Waals surface area (Å²) in [4.78, 5) is 28.9. The first-order valence-electron chi connectivity index (χ1n) is 16.5. The largest absolute Gasteiger partial charge is 0.504 e. The maximum absolute atomic E-state index is 12.4. The van der Waals surface area contributed by atoms with E-state index in [0.29, 0.717) is 55.7 Å². The number of nitrogen functional groups attached to an aromatic ring is 1. The van der Waals surface area contributed by atoms with Crippen LogP contribution in [0, 0.1) is 23.7 Å². The summed E-state index contributed by atoms with van der Waals surface area (Å²) in [6, 6.07) is 6.96. The van der Waals surface area contributed by atoms with E-state index in [-0.39, 0.29) is 17.6 Å². The second kappa shape index (κ2) is 18.1. The lowest BCUT2D eigenvalue weighted by Crippen LogP contribution is -2.38. The van der Waals surface area contributed by atoms with Crippen LogP contribution in [0.1, 0.15) is 84.6 Å². The number of rotatable bonds is 15. The van der Waals surface area contributed by atoms with Gasteiger partial charge in [0.1, 0.15) is 18.0 Å². The van der Waals surface area contributed by atoms with Crippen molar-refractivity contribution in [3.8, 4) is 22.6 Å². The molecule has 0 bridgehead atoms. The first-order valence-corrected chi connectivity index (χ1v) is 16.5. The number of methoxy groups -OCH3 is 2. The number of nitrogens with zero attached hydrogens (tertiary/aromatic N) is 1. The molecule has 256 valence electrons. The molecule has 0 amide bonds. The van der Waals surface area contributed by atoms with E-state index in [2.05, 4.69) is 18.8 Å². The zero-order valence-corrected chi connectivity index (χ0v) is 28.4. The second-order valence-corrected chi connectivity index (χ2v) is 13.2. The zero-order valence-electron chi connectivity index (χ0n) is 28.4. The van der Waals surface area contributed by atoms with Crippen LogP contribution in [0.25, 0.3) is 11.1 Å². The van der Waals surface area contributed by atoms with E-state index >= 15 is 0 Å². The molecule has 1 saturated carbocycles. The van der Waals surface area contributed by atoms with Gasteiger partial charge in [0.2, 0.25) is 0 Å². The minimum Gasteiger partial charge on any atom is -0.504 e. The highest BCUT2D eigenvalue weighted by atomic mass is 16.6. The highest BCUT2D eigenvalue weighted by molar-refractivity contribution is 5.72. The Balaban J connectivity index is 1.91. The topological polar surface area (TPSA) is 150 Å². The van der Waals surface area contributed by atoms with Crippen molar-refractivity contribution in [2.24, 2.45) is 23.7 Å². The number of aliphatic hydroxyl groups is 1. The summed E-state index contributed by atoms with van der Waals surface area (Å²) in [5.41, 5.74) is 8.36. The molecule has 10 heteroatoms. The van der Waals surface area contributed by atoms with Gasteiger partial charge in [0.15, 0.2) is 11.5 Å². The zero-order chi connectivity index (χ0) is 33.8. The average molecular weight is 643 g/mol. The van der Waals surface area contributed by atoms with Gasteiger partial charge in [-0.05, 0) is 110 Å². The number of phenols is 1. The third-order valence-electron chi connectivity index (χ3n) is 9.07. The molecule has 4 N–H and O–H groups in total. The second-order valence-electron chi connectivity index (χ2n) is 13.2. The number of hydrogen-bond acceptors (Lipinski definition) is 10. The molecule has 1 heterocycles. The number of nitrogens with two attached hydrogens (primary N) is 1. The molecule has 1 aliphatic rings. The Morgan fingerprint density at radius 3 is 2.43 bits per heavy atom. The van der Waals surface area contributed by atoms with E-state index in [9.17, 15) is 19.8 Å². The fourth-order valence-corrected chi connectivity index (χ4v) is 7.03. The number of aliphatic hydroxyl groups excluding tert-OH is 1. The Morgan fingerprint density at radius 2 is 1.80 bits per heavy atom. The molecule has 10 nitrogen and oxygen atoms in total. The number of ether oxygens (including phenoxy) is 4. The van der Waals surface area contributed by atoms with E-state index in [1.165, 1.54) is 21.0 Å². The Kier molecular flexibility index (Phi) is 14.6.